The molecule has 0 spiro atoms. The lowest BCUT2D eigenvalue weighted by Crippen LogP contribution is -2.34. The zero-order valence-electron chi connectivity index (χ0n) is 9.43. The van der Waals surface area contributed by atoms with E-state index in [2.05, 4.69) is 10.8 Å². The first-order chi connectivity index (χ1) is 8.42. The molecule has 0 saturated heterocycles. The number of nitrogens with zero attached hydrogens (tertiary/aromatic N) is 2. The second-order valence-corrected chi connectivity index (χ2v) is 4.27. The van der Waals surface area contributed by atoms with Gasteiger partial charge in [-0.05, 0) is 0 Å². The molecule has 8 nitrogen and oxygen atoms in total. The van der Waals surface area contributed by atoms with E-state index >= 15 is 0 Å². The molecule has 0 fully saturated rings. The summed E-state index contributed by atoms with van der Waals surface area (Å²) in [5.41, 5.74) is 0. The predicted octanol–water partition coefficient (Wildman–Crippen LogP) is -0.234. The summed E-state index contributed by atoms with van der Waals surface area (Å²) in [4.78, 5) is 11.4. The Kier molecular flexibility index (Phi) is 5.01. The fraction of sp³-hybridized carbons (Fsp3) is 0.333. The van der Waals surface area contributed by atoms with E-state index in [9.17, 15) is 13.2 Å². The first kappa shape index (κ1) is 14.4. The largest absolute Gasteiger partial charge is 0.511 e. The van der Waals surface area contributed by atoms with Crippen LogP contribution in [0, 0.1) is 0 Å². The van der Waals surface area contributed by atoms with Gasteiger partial charge in [0.1, 0.15) is 32.2 Å². The molecule has 0 bridgehead atoms. The molecule has 0 radical (unpaired) electrons. The van der Waals surface area contributed by atoms with Crippen molar-refractivity contribution in [2.24, 2.45) is 0 Å². The molecule has 100 valence electrons. The molecule has 0 aromatic carbocycles. The van der Waals surface area contributed by atoms with Crippen LogP contribution in [-0.4, -0.2) is 36.8 Å². The molecule has 0 aliphatic heterocycles. The van der Waals surface area contributed by atoms with Crippen LogP contribution >= 0.6 is 0 Å². The average molecular weight is 277 g/mol. The monoisotopic (exact) mass is 277 g/mol. The third-order valence-electron chi connectivity index (χ3n) is 1.81. The number of aromatic nitrogens is 2. The van der Waals surface area contributed by atoms with Crippen molar-refractivity contribution in [1.29, 1.82) is 0 Å². The maximum atomic E-state index is 11.4. The summed E-state index contributed by atoms with van der Waals surface area (Å²) in [6.07, 6.45) is 5.24. The summed E-state index contributed by atoms with van der Waals surface area (Å²) in [7, 11) is -4.44. The molecule has 9 heteroatoms. The Morgan fingerprint density at radius 3 is 2.89 bits per heavy atom. The van der Waals surface area contributed by atoms with Crippen molar-refractivity contribution in [2.45, 2.75) is 6.54 Å². The minimum Gasteiger partial charge on any atom is -0.427 e. The van der Waals surface area contributed by atoms with Crippen molar-refractivity contribution in [3.63, 3.8) is 0 Å². The maximum absolute atomic E-state index is 11.4. The van der Waals surface area contributed by atoms with Crippen molar-refractivity contribution < 1.29 is 31.3 Å². The summed E-state index contributed by atoms with van der Waals surface area (Å²) in [6, 6.07) is 0. The van der Waals surface area contributed by atoms with Gasteiger partial charge in [0.15, 0.2) is 0 Å². The van der Waals surface area contributed by atoms with Crippen molar-refractivity contribution in [3.8, 4) is 0 Å². The third-order valence-corrected chi connectivity index (χ3v) is 2.27. The minimum atomic E-state index is -4.44. The Hall–Kier alpha value is -1.71. The van der Waals surface area contributed by atoms with E-state index in [-0.39, 0.29) is 19.8 Å². The number of hydrogen-bond acceptors (Lipinski definition) is 5. The lowest BCUT2D eigenvalue weighted by atomic mass is 10.7. The van der Waals surface area contributed by atoms with Crippen LogP contribution in [0.1, 0.15) is 0 Å². The van der Waals surface area contributed by atoms with Crippen LogP contribution in [0.4, 0.5) is 4.79 Å². The van der Waals surface area contributed by atoms with Gasteiger partial charge in [-0.3, -0.25) is 4.55 Å². The van der Waals surface area contributed by atoms with E-state index in [1.807, 2.05) is 0 Å². The van der Waals surface area contributed by atoms with Crippen LogP contribution in [0.25, 0.3) is 0 Å². The number of rotatable bonds is 6. The topological polar surface area (TPSA) is 98.7 Å². The summed E-state index contributed by atoms with van der Waals surface area (Å²) in [6.45, 7) is 3.42. The highest BCUT2D eigenvalue weighted by atomic mass is 32.3. The number of hydrogen-bond donors (Lipinski definition) is 1. The smallest absolute Gasteiger partial charge is 0.427 e. The van der Waals surface area contributed by atoms with Gasteiger partial charge in [-0.1, -0.05) is 12.7 Å². The molecule has 1 aromatic heterocycles. The van der Waals surface area contributed by atoms with Crippen LogP contribution in [0.3, 0.4) is 0 Å². The second kappa shape index (κ2) is 6.28. The number of carbonyl (C=O) groups is 1. The Labute approximate surface area is 104 Å². The van der Waals surface area contributed by atoms with Crippen LogP contribution in [0.5, 0.6) is 0 Å². The van der Waals surface area contributed by atoms with Gasteiger partial charge >= 0.3 is 16.5 Å². The van der Waals surface area contributed by atoms with Gasteiger partial charge < -0.3 is 4.74 Å². The Morgan fingerprint density at radius 2 is 2.28 bits per heavy atom. The molecule has 0 aliphatic rings. The average Bonchev–Trinajstić information content (AvgIpc) is 2.73. The molecule has 0 saturated carbocycles. The maximum Gasteiger partial charge on any atom is 0.511 e. The van der Waals surface area contributed by atoms with Gasteiger partial charge in [0.2, 0.25) is 0 Å². The highest BCUT2D eigenvalue weighted by Gasteiger charge is 2.14. The van der Waals surface area contributed by atoms with Gasteiger partial charge in [0.05, 0.1) is 0 Å². The summed E-state index contributed by atoms with van der Waals surface area (Å²) < 4.78 is 40.5. The molecule has 18 heavy (non-hydrogen) atoms. The van der Waals surface area contributed by atoms with Gasteiger partial charge in [0.25, 0.3) is 6.33 Å². The van der Waals surface area contributed by atoms with Crippen LogP contribution in [0.15, 0.2) is 31.4 Å². The number of carbonyl (C=O) groups excluding carboxylic acids is 1. The van der Waals surface area contributed by atoms with E-state index < -0.39 is 16.5 Å². The van der Waals surface area contributed by atoms with Gasteiger partial charge in [0, 0.05) is 0 Å². The lowest BCUT2D eigenvalue weighted by molar-refractivity contribution is -0.696. The standard InChI is InChI=1S/C9H12N2O6S/c1-2-6-16-9(12)11-4-3-10(8-11)5-7-17-18(13,14)15/h2-4,8H,1,5-7H2/p+1. The van der Waals surface area contributed by atoms with E-state index in [0.29, 0.717) is 0 Å². The van der Waals surface area contributed by atoms with Gasteiger partial charge in [-0.25, -0.2) is 8.75 Å². The number of ether oxygens (including phenoxy) is 1. The fourth-order valence-electron chi connectivity index (χ4n) is 1.09. The quantitative estimate of drug-likeness (QED) is 0.438. The van der Waals surface area contributed by atoms with Crippen LogP contribution in [0.2, 0.25) is 0 Å². The summed E-state index contributed by atoms with van der Waals surface area (Å²) >= 11 is 0. The molecule has 1 aromatic rings. The molecule has 1 N–H and O–H groups in total. The minimum absolute atomic E-state index is 0.100. The molecule has 0 unspecified atom stereocenters. The molecule has 0 aliphatic carbocycles. The van der Waals surface area contributed by atoms with Crippen molar-refractivity contribution in [1.82, 2.24) is 4.57 Å². The molecule has 0 amide bonds. The SMILES string of the molecule is C=CCOC(=O)n1cc[n+](CCOS(=O)(=O)O)c1. The zero-order chi connectivity index (χ0) is 13.6. The van der Waals surface area contributed by atoms with Crippen molar-refractivity contribution in [3.05, 3.63) is 31.4 Å². The first-order valence-corrected chi connectivity index (χ1v) is 6.26. The van der Waals surface area contributed by atoms with Crippen LogP contribution < -0.4 is 4.57 Å². The van der Waals surface area contributed by atoms with Crippen LogP contribution in [-0.2, 0) is 25.9 Å². The molecular weight excluding hydrogens is 264 g/mol. The molecular formula is C9H13N2O6S+. The molecule has 0 atom stereocenters. The normalized spacial score (nSPS) is 11.2. The zero-order valence-corrected chi connectivity index (χ0v) is 10.2. The summed E-state index contributed by atoms with van der Waals surface area (Å²) in [5.74, 6) is 0. The number of imidazole rings is 1. The second-order valence-electron chi connectivity index (χ2n) is 3.17. The highest BCUT2D eigenvalue weighted by molar-refractivity contribution is 7.80. The fourth-order valence-corrected chi connectivity index (χ4v) is 1.37. The Bertz CT molecular complexity index is 521. The van der Waals surface area contributed by atoms with E-state index in [4.69, 9.17) is 9.29 Å². The Morgan fingerprint density at radius 1 is 1.56 bits per heavy atom. The van der Waals surface area contributed by atoms with Gasteiger partial charge in [-0.2, -0.15) is 13.2 Å². The molecule has 1 heterocycles. The van der Waals surface area contributed by atoms with Gasteiger partial charge in [-0.15, -0.1) is 4.57 Å². The first-order valence-electron chi connectivity index (χ1n) is 4.89. The van der Waals surface area contributed by atoms with Crippen molar-refractivity contribution in [2.75, 3.05) is 13.2 Å². The third kappa shape index (κ3) is 5.08. The lowest BCUT2D eigenvalue weighted by Gasteiger charge is -1.97. The van der Waals surface area contributed by atoms with E-state index in [1.165, 1.54) is 33.9 Å². The Balaban J connectivity index is 2.48. The van der Waals surface area contributed by atoms with Crippen molar-refractivity contribution >= 4 is 16.5 Å². The van der Waals surface area contributed by atoms with E-state index in [0.717, 1.165) is 0 Å². The molecule has 1 rings (SSSR count). The van der Waals surface area contributed by atoms with E-state index in [1.54, 1.807) is 0 Å². The predicted molar refractivity (Wildman–Crippen MR) is 59.1 cm³/mol. The highest BCUT2D eigenvalue weighted by Crippen LogP contribution is 1.90. The summed E-state index contributed by atoms with van der Waals surface area (Å²) in [5, 5.41) is 0.